The van der Waals surface area contributed by atoms with Crippen LogP contribution in [0.2, 0.25) is 0 Å². The third-order valence-electron chi connectivity index (χ3n) is 3.34. The number of methoxy groups -OCH3 is 1. The summed E-state index contributed by atoms with van der Waals surface area (Å²) in [5, 5.41) is 2.69. The first-order valence-electron chi connectivity index (χ1n) is 7.31. The Bertz CT molecular complexity index is 754. The maximum Gasteiger partial charge on any atom is 0.232 e. The second-order valence-electron chi connectivity index (χ2n) is 5.14. The summed E-state index contributed by atoms with van der Waals surface area (Å²) in [7, 11) is -1.96. The summed E-state index contributed by atoms with van der Waals surface area (Å²) in [4.78, 5) is 11.9. The summed E-state index contributed by atoms with van der Waals surface area (Å²) in [6, 6.07) is 10.1. The number of hydrogen-bond acceptors (Lipinski definition) is 5. The number of rotatable bonds is 8. The second kappa shape index (κ2) is 7.87. The molecular formula is C16H20N2O5S. The molecule has 1 amide bonds. The number of nitrogens with zero attached hydrogens (tertiary/aromatic N) is 1. The van der Waals surface area contributed by atoms with Gasteiger partial charge in [-0.05, 0) is 36.4 Å². The largest absolute Gasteiger partial charge is 0.497 e. The highest BCUT2D eigenvalue weighted by atomic mass is 32.2. The van der Waals surface area contributed by atoms with Gasteiger partial charge >= 0.3 is 0 Å². The number of furan rings is 1. The van der Waals surface area contributed by atoms with Crippen LogP contribution < -0.4 is 14.4 Å². The number of ether oxygens (including phenoxy) is 1. The van der Waals surface area contributed by atoms with Crippen LogP contribution >= 0.6 is 0 Å². The lowest BCUT2D eigenvalue weighted by Crippen LogP contribution is -2.34. The zero-order chi connectivity index (χ0) is 17.6. The lowest BCUT2D eigenvalue weighted by atomic mass is 10.3. The van der Waals surface area contributed by atoms with E-state index >= 15 is 0 Å². The van der Waals surface area contributed by atoms with Crippen molar-refractivity contribution in [1.82, 2.24) is 5.32 Å². The zero-order valence-corrected chi connectivity index (χ0v) is 14.4. The molecule has 0 aliphatic heterocycles. The third-order valence-corrected chi connectivity index (χ3v) is 4.54. The van der Waals surface area contributed by atoms with Crippen molar-refractivity contribution in [2.24, 2.45) is 0 Å². The first-order chi connectivity index (χ1) is 11.4. The fraction of sp³-hybridized carbons (Fsp3) is 0.312. The lowest BCUT2D eigenvalue weighted by molar-refractivity contribution is -0.121. The molecule has 0 saturated carbocycles. The molecule has 1 aromatic heterocycles. The highest BCUT2D eigenvalue weighted by Gasteiger charge is 2.18. The number of carbonyl (C=O) groups excluding carboxylic acids is 1. The molecule has 0 radical (unpaired) electrons. The highest BCUT2D eigenvalue weighted by molar-refractivity contribution is 7.92. The van der Waals surface area contributed by atoms with Gasteiger partial charge in [-0.2, -0.15) is 0 Å². The van der Waals surface area contributed by atoms with Crippen molar-refractivity contribution in [3.05, 3.63) is 48.4 Å². The molecule has 7 nitrogen and oxygen atoms in total. The standard InChI is InChI=1S/C16H20N2O5S/c1-22-14-7-5-13(6-8-14)18(24(2,20)21)10-9-16(19)17-12-15-4-3-11-23-15/h3-8,11H,9-10,12H2,1-2H3,(H,17,19). The normalized spacial score (nSPS) is 11.1. The van der Waals surface area contributed by atoms with Crippen molar-refractivity contribution in [2.45, 2.75) is 13.0 Å². The van der Waals surface area contributed by atoms with Crippen molar-refractivity contribution < 1.29 is 22.4 Å². The maximum absolute atomic E-state index is 12.0. The van der Waals surface area contributed by atoms with Gasteiger partial charge in [0.2, 0.25) is 15.9 Å². The molecule has 0 unspecified atom stereocenters. The summed E-state index contributed by atoms with van der Waals surface area (Å²) >= 11 is 0. The molecule has 2 aromatic rings. The lowest BCUT2D eigenvalue weighted by Gasteiger charge is -2.22. The van der Waals surface area contributed by atoms with Crippen LogP contribution in [-0.4, -0.2) is 34.2 Å². The van der Waals surface area contributed by atoms with E-state index in [4.69, 9.17) is 9.15 Å². The molecule has 24 heavy (non-hydrogen) atoms. The van der Waals surface area contributed by atoms with E-state index in [0.717, 1.165) is 6.26 Å². The van der Waals surface area contributed by atoms with Crippen molar-refractivity contribution in [3.8, 4) is 5.75 Å². The van der Waals surface area contributed by atoms with Crippen molar-refractivity contribution >= 4 is 21.6 Å². The summed E-state index contributed by atoms with van der Waals surface area (Å²) < 4.78 is 35.4. The Morgan fingerprint density at radius 3 is 2.50 bits per heavy atom. The number of hydrogen-bond donors (Lipinski definition) is 1. The third kappa shape index (κ3) is 5.02. The van der Waals surface area contributed by atoms with Gasteiger partial charge < -0.3 is 14.5 Å². The van der Waals surface area contributed by atoms with Crippen LogP contribution in [0.5, 0.6) is 5.75 Å². The Hall–Kier alpha value is -2.48. The summed E-state index contributed by atoms with van der Waals surface area (Å²) in [6.45, 7) is 0.322. The Balaban J connectivity index is 1.97. The fourth-order valence-electron chi connectivity index (χ4n) is 2.13. The number of anilines is 1. The van der Waals surface area contributed by atoms with Gasteiger partial charge in [0.1, 0.15) is 11.5 Å². The number of amides is 1. The van der Waals surface area contributed by atoms with E-state index in [1.807, 2.05) is 0 Å². The predicted octanol–water partition coefficient (Wildman–Crippen LogP) is 1.76. The van der Waals surface area contributed by atoms with Crippen LogP contribution in [0.25, 0.3) is 0 Å². The molecule has 1 aromatic carbocycles. The topological polar surface area (TPSA) is 88.8 Å². The first-order valence-corrected chi connectivity index (χ1v) is 9.16. The smallest absolute Gasteiger partial charge is 0.232 e. The van der Waals surface area contributed by atoms with Crippen LogP contribution in [0, 0.1) is 0 Å². The molecule has 130 valence electrons. The summed E-state index contributed by atoms with van der Waals surface area (Å²) in [6.07, 6.45) is 2.67. The van der Waals surface area contributed by atoms with E-state index in [1.54, 1.807) is 36.4 Å². The average molecular weight is 352 g/mol. The minimum atomic E-state index is -3.50. The summed E-state index contributed by atoms with van der Waals surface area (Å²) in [5.74, 6) is 1.01. The van der Waals surface area contributed by atoms with Crippen LogP contribution in [-0.2, 0) is 21.4 Å². The molecule has 0 atom stereocenters. The number of sulfonamides is 1. The average Bonchev–Trinajstić information content (AvgIpc) is 3.06. The van der Waals surface area contributed by atoms with Gasteiger partial charge in [-0.1, -0.05) is 0 Å². The van der Waals surface area contributed by atoms with Gasteiger partial charge in [-0.3, -0.25) is 9.10 Å². The molecule has 0 fully saturated rings. The Kier molecular flexibility index (Phi) is 5.86. The van der Waals surface area contributed by atoms with Crippen molar-refractivity contribution in [2.75, 3.05) is 24.2 Å². The van der Waals surface area contributed by atoms with E-state index in [1.165, 1.54) is 17.7 Å². The van der Waals surface area contributed by atoms with Gasteiger partial charge in [-0.15, -0.1) is 0 Å². The monoisotopic (exact) mass is 352 g/mol. The molecule has 0 bridgehead atoms. The predicted molar refractivity (Wildman–Crippen MR) is 90.4 cm³/mol. The highest BCUT2D eigenvalue weighted by Crippen LogP contribution is 2.21. The molecule has 2 rings (SSSR count). The molecule has 0 saturated heterocycles. The first kappa shape index (κ1) is 17.9. The van der Waals surface area contributed by atoms with Gasteiger partial charge in [0.25, 0.3) is 0 Å². The molecule has 0 aliphatic rings. The molecular weight excluding hydrogens is 332 g/mol. The minimum Gasteiger partial charge on any atom is -0.497 e. The van der Waals surface area contributed by atoms with E-state index in [9.17, 15) is 13.2 Å². The number of nitrogens with one attached hydrogen (secondary N) is 1. The molecule has 0 aliphatic carbocycles. The van der Waals surface area contributed by atoms with E-state index in [-0.39, 0.29) is 25.4 Å². The van der Waals surface area contributed by atoms with Gasteiger partial charge in [0, 0.05) is 13.0 Å². The minimum absolute atomic E-state index is 0.0415. The van der Waals surface area contributed by atoms with Crippen LogP contribution in [0.1, 0.15) is 12.2 Å². The molecule has 8 heteroatoms. The van der Waals surface area contributed by atoms with Crippen LogP contribution in [0.3, 0.4) is 0 Å². The Morgan fingerprint density at radius 2 is 1.96 bits per heavy atom. The maximum atomic E-state index is 12.0. The fourth-order valence-corrected chi connectivity index (χ4v) is 3.05. The van der Waals surface area contributed by atoms with E-state index < -0.39 is 10.0 Å². The van der Waals surface area contributed by atoms with Crippen LogP contribution in [0.15, 0.2) is 47.1 Å². The van der Waals surface area contributed by atoms with Gasteiger partial charge in [-0.25, -0.2) is 8.42 Å². The van der Waals surface area contributed by atoms with Crippen molar-refractivity contribution in [1.29, 1.82) is 0 Å². The number of carbonyl (C=O) groups is 1. The number of benzene rings is 1. The van der Waals surface area contributed by atoms with E-state index in [0.29, 0.717) is 17.2 Å². The second-order valence-corrected chi connectivity index (χ2v) is 7.05. The van der Waals surface area contributed by atoms with Crippen molar-refractivity contribution in [3.63, 3.8) is 0 Å². The summed E-state index contributed by atoms with van der Waals surface area (Å²) in [5.41, 5.74) is 0.483. The van der Waals surface area contributed by atoms with Gasteiger partial charge in [0.15, 0.2) is 0 Å². The Labute approximate surface area is 141 Å². The zero-order valence-electron chi connectivity index (χ0n) is 13.6. The van der Waals surface area contributed by atoms with Gasteiger partial charge in [0.05, 0.1) is 31.9 Å². The SMILES string of the molecule is COc1ccc(N(CCC(=O)NCc2ccco2)S(C)(=O)=O)cc1. The molecule has 0 spiro atoms. The molecule has 1 heterocycles. The molecule has 1 N–H and O–H groups in total. The Morgan fingerprint density at radius 1 is 1.25 bits per heavy atom. The van der Waals surface area contributed by atoms with Crippen LogP contribution in [0.4, 0.5) is 5.69 Å². The quantitative estimate of drug-likeness (QED) is 0.782. The van der Waals surface area contributed by atoms with E-state index in [2.05, 4.69) is 5.32 Å².